The zero-order valence-electron chi connectivity index (χ0n) is 13.4. The van der Waals surface area contributed by atoms with Crippen molar-refractivity contribution in [1.82, 2.24) is 14.4 Å². The summed E-state index contributed by atoms with van der Waals surface area (Å²) < 4.78 is 2.03. The van der Waals surface area contributed by atoms with Gasteiger partial charge in [0.2, 0.25) is 0 Å². The Morgan fingerprint density at radius 2 is 1.80 bits per heavy atom. The zero-order chi connectivity index (χ0) is 17.1. The van der Waals surface area contributed by atoms with Crippen LogP contribution < -0.4 is 5.32 Å². The van der Waals surface area contributed by atoms with Crippen LogP contribution >= 0.6 is 0 Å². The molecule has 0 unspecified atom stereocenters. The van der Waals surface area contributed by atoms with Crippen LogP contribution in [0.4, 0.5) is 5.82 Å². The van der Waals surface area contributed by atoms with Crippen LogP contribution in [0.1, 0.15) is 11.1 Å². The second-order valence-electron chi connectivity index (χ2n) is 5.64. The predicted molar refractivity (Wildman–Crippen MR) is 96.9 cm³/mol. The third-order valence-corrected chi connectivity index (χ3v) is 4.04. The highest BCUT2D eigenvalue weighted by molar-refractivity contribution is 5.70. The van der Waals surface area contributed by atoms with E-state index in [2.05, 4.69) is 33.5 Å². The molecule has 5 nitrogen and oxygen atoms in total. The van der Waals surface area contributed by atoms with E-state index in [0.29, 0.717) is 12.1 Å². The lowest BCUT2D eigenvalue weighted by Crippen LogP contribution is -2.04. The van der Waals surface area contributed by atoms with Gasteiger partial charge < -0.3 is 5.32 Å². The van der Waals surface area contributed by atoms with Gasteiger partial charge in [0.25, 0.3) is 0 Å². The third-order valence-electron chi connectivity index (χ3n) is 4.04. The van der Waals surface area contributed by atoms with E-state index in [1.165, 1.54) is 0 Å². The van der Waals surface area contributed by atoms with Gasteiger partial charge >= 0.3 is 0 Å². The molecule has 2 heterocycles. The Morgan fingerprint density at radius 3 is 2.56 bits per heavy atom. The first kappa shape index (κ1) is 14.9. The van der Waals surface area contributed by atoms with Crippen molar-refractivity contribution in [2.24, 2.45) is 0 Å². The fourth-order valence-electron chi connectivity index (χ4n) is 2.75. The van der Waals surface area contributed by atoms with Crippen LogP contribution in [0.25, 0.3) is 16.9 Å². The van der Waals surface area contributed by atoms with E-state index >= 15 is 0 Å². The van der Waals surface area contributed by atoms with E-state index in [4.69, 9.17) is 5.26 Å². The smallest absolute Gasteiger partial charge is 0.180 e. The number of aromatic nitrogens is 3. The number of imidazole rings is 1. The molecule has 0 aliphatic rings. The Balaban J connectivity index is 1.62. The molecular weight excluding hydrogens is 310 g/mol. The average Bonchev–Trinajstić information content (AvgIpc) is 3.12. The number of rotatable bonds is 4. The molecule has 0 bridgehead atoms. The highest BCUT2D eigenvalue weighted by Crippen LogP contribution is 2.23. The van der Waals surface area contributed by atoms with Gasteiger partial charge in [-0.15, -0.1) is 0 Å². The molecule has 0 atom stereocenters. The van der Waals surface area contributed by atoms with E-state index < -0.39 is 0 Å². The molecule has 2 aromatic carbocycles. The molecular formula is C20H15N5. The summed E-state index contributed by atoms with van der Waals surface area (Å²) in [5.41, 5.74) is 4.66. The molecule has 0 amide bonds. The van der Waals surface area contributed by atoms with Gasteiger partial charge in [-0.05, 0) is 17.7 Å². The molecule has 2 aromatic heterocycles. The standard InChI is InChI=1S/C20H15N5/c21-12-15-6-8-16(9-7-15)13-23-19-20-24-14-18(25(20)11-10-22-19)17-4-2-1-3-5-17/h1-11,14H,13H2,(H,22,23). The summed E-state index contributed by atoms with van der Waals surface area (Å²) >= 11 is 0. The number of benzene rings is 2. The van der Waals surface area contributed by atoms with Crippen molar-refractivity contribution in [2.75, 3.05) is 5.32 Å². The molecule has 4 aromatic rings. The van der Waals surface area contributed by atoms with Crippen molar-refractivity contribution in [3.63, 3.8) is 0 Å². The Labute approximate surface area is 145 Å². The van der Waals surface area contributed by atoms with Gasteiger partial charge in [-0.1, -0.05) is 42.5 Å². The summed E-state index contributed by atoms with van der Waals surface area (Å²) in [7, 11) is 0. The van der Waals surface area contributed by atoms with Crippen molar-refractivity contribution in [2.45, 2.75) is 6.54 Å². The van der Waals surface area contributed by atoms with Gasteiger partial charge in [-0.25, -0.2) is 9.97 Å². The van der Waals surface area contributed by atoms with E-state index in [-0.39, 0.29) is 0 Å². The van der Waals surface area contributed by atoms with Crippen LogP contribution in [-0.4, -0.2) is 14.4 Å². The van der Waals surface area contributed by atoms with Crippen LogP contribution in [0.3, 0.4) is 0 Å². The molecule has 0 radical (unpaired) electrons. The summed E-state index contributed by atoms with van der Waals surface area (Å²) in [6.45, 7) is 0.617. The molecule has 0 fully saturated rings. The average molecular weight is 325 g/mol. The molecule has 4 rings (SSSR count). The number of hydrogen-bond donors (Lipinski definition) is 1. The molecule has 1 N–H and O–H groups in total. The number of hydrogen-bond acceptors (Lipinski definition) is 4. The summed E-state index contributed by atoms with van der Waals surface area (Å²) in [6, 6.07) is 19.8. The van der Waals surface area contributed by atoms with Crippen molar-refractivity contribution < 1.29 is 0 Å². The minimum absolute atomic E-state index is 0.617. The van der Waals surface area contributed by atoms with E-state index in [1.807, 2.05) is 59.3 Å². The molecule has 0 saturated heterocycles. The quantitative estimate of drug-likeness (QED) is 0.618. The lowest BCUT2D eigenvalue weighted by atomic mass is 10.1. The third kappa shape index (κ3) is 2.93. The maximum Gasteiger partial charge on any atom is 0.180 e. The van der Waals surface area contributed by atoms with Gasteiger partial charge in [-0.3, -0.25) is 4.40 Å². The summed E-state index contributed by atoms with van der Waals surface area (Å²) in [5, 5.41) is 12.2. The molecule has 120 valence electrons. The number of nitrogens with one attached hydrogen (secondary N) is 1. The maximum absolute atomic E-state index is 8.86. The van der Waals surface area contributed by atoms with E-state index in [0.717, 1.165) is 28.3 Å². The van der Waals surface area contributed by atoms with E-state index in [1.54, 1.807) is 6.20 Å². The van der Waals surface area contributed by atoms with Crippen molar-refractivity contribution in [3.05, 3.63) is 84.3 Å². The Kier molecular flexibility index (Phi) is 3.85. The molecule has 0 aliphatic heterocycles. The van der Waals surface area contributed by atoms with Gasteiger partial charge in [0.15, 0.2) is 11.5 Å². The van der Waals surface area contributed by atoms with Crippen LogP contribution in [0, 0.1) is 11.3 Å². The van der Waals surface area contributed by atoms with Gasteiger partial charge in [-0.2, -0.15) is 5.26 Å². The van der Waals surface area contributed by atoms with Gasteiger partial charge in [0.05, 0.1) is 23.5 Å². The highest BCUT2D eigenvalue weighted by Gasteiger charge is 2.09. The summed E-state index contributed by atoms with van der Waals surface area (Å²) in [5.74, 6) is 0.731. The SMILES string of the molecule is N#Cc1ccc(CNc2nccn3c(-c4ccccc4)cnc23)cc1. The van der Waals surface area contributed by atoms with Crippen LogP contribution in [-0.2, 0) is 6.54 Å². The highest BCUT2D eigenvalue weighted by atomic mass is 15.1. The molecule has 0 aliphatic carbocycles. The summed E-state index contributed by atoms with van der Waals surface area (Å²) in [6.07, 6.45) is 5.54. The first-order valence-electron chi connectivity index (χ1n) is 7.95. The summed E-state index contributed by atoms with van der Waals surface area (Å²) in [4.78, 5) is 8.95. The zero-order valence-corrected chi connectivity index (χ0v) is 13.4. The van der Waals surface area contributed by atoms with Crippen LogP contribution in [0.5, 0.6) is 0 Å². The van der Waals surface area contributed by atoms with Crippen molar-refractivity contribution >= 4 is 11.5 Å². The molecule has 0 saturated carbocycles. The number of fused-ring (bicyclic) bond motifs is 1. The first-order valence-corrected chi connectivity index (χ1v) is 7.95. The van der Waals surface area contributed by atoms with E-state index in [9.17, 15) is 0 Å². The normalized spacial score (nSPS) is 10.5. The lowest BCUT2D eigenvalue weighted by molar-refractivity contribution is 1.07. The second-order valence-corrected chi connectivity index (χ2v) is 5.64. The molecule has 5 heteroatoms. The predicted octanol–water partition coefficient (Wildman–Crippen LogP) is 3.88. The Morgan fingerprint density at radius 1 is 1.00 bits per heavy atom. The Hall–Kier alpha value is -3.65. The monoisotopic (exact) mass is 325 g/mol. The first-order chi connectivity index (χ1) is 12.3. The van der Waals surface area contributed by atoms with Crippen LogP contribution in [0.15, 0.2) is 73.2 Å². The van der Waals surface area contributed by atoms with Crippen LogP contribution in [0.2, 0.25) is 0 Å². The molecule has 0 spiro atoms. The largest absolute Gasteiger partial charge is 0.363 e. The topological polar surface area (TPSA) is 66.0 Å². The fraction of sp³-hybridized carbons (Fsp3) is 0.0500. The fourth-order valence-corrected chi connectivity index (χ4v) is 2.75. The van der Waals surface area contributed by atoms with Gasteiger partial charge in [0.1, 0.15) is 0 Å². The number of nitrogens with zero attached hydrogens (tertiary/aromatic N) is 4. The Bertz CT molecular complexity index is 1040. The minimum atomic E-state index is 0.617. The lowest BCUT2D eigenvalue weighted by Gasteiger charge is -2.08. The van der Waals surface area contributed by atoms with Gasteiger partial charge in [0, 0.05) is 24.5 Å². The van der Waals surface area contributed by atoms with Crippen molar-refractivity contribution in [1.29, 1.82) is 5.26 Å². The minimum Gasteiger partial charge on any atom is -0.363 e. The second kappa shape index (κ2) is 6.46. The maximum atomic E-state index is 8.86. The van der Waals surface area contributed by atoms with Crippen molar-refractivity contribution in [3.8, 4) is 17.3 Å². The molecule has 25 heavy (non-hydrogen) atoms. The number of nitriles is 1. The number of anilines is 1.